The van der Waals surface area contributed by atoms with Crippen LogP contribution in [-0.4, -0.2) is 53.2 Å². The molecule has 1 unspecified atom stereocenters. The Morgan fingerprint density at radius 1 is 1.71 bits per heavy atom. The predicted molar refractivity (Wildman–Crippen MR) is 66.1 cm³/mol. The molecule has 0 aliphatic carbocycles. The average molecular weight is 255 g/mol. The van der Waals surface area contributed by atoms with Crippen LogP contribution >= 0.6 is 11.3 Å². The minimum Gasteiger partial charge on any atom is -0.395 e. The van der Waals surface area contributed by atoms with Crippen molar-refractivity contribution in [3.63, 3.8) is 0 Å². The number of hydrogen-bond acceptors (Lipinski definition) is 5. The van der Waals surface area contributed by atoms with E-state index >= 15 is 0 Å². The molecule has 0 saturated carbocycles. The molecule has 1 amide bonds. The highest BCUT2D eigenvalue weighted by molar-refractivity contribution is 7.11. The van der Waals surface area contributed by atoms with Crippen LogP contribution in [0.15, 0.2) is 11.7 Å². The molecule has 1 aliphatic rings. The molecule has 0 radical (unpaired) electrons. The molecule has 0 bridgehead atoms. The lowest BCUT2D eigenvalue weighted by Crippen LogP contribution is -2.42. The van der Waals surface area contributed by atoms with E-state index in [2.05, 4.69) is 10.3 Å². The molecule has 94 valence electrons. The average Bonchev–Trinajstić information content (AvgIpc) is 3.00. The molecule has 2 heterocycles. The van der Waals surface area contributed by atoms with Gasteiger partial charge in [0, 0.05) is 19.1 Å². The van der Waals surface area contributed by atoms with Gasteiger partial charge in [0.1, 0.15) is 4.88 Å². The number of rotatable bonds is 5. The van der Waals surface area contributed by atoms with Crippen LogP contribution in [0.25, 0.3) is 0 Å². The van der Waals surface area contributed by atoms with E-state index in [1.54, 1.807) is 16.6 Å². The van der Waals surface area contributed by atoms with E-state index in [0.717, 1.165) is 19.4 Å². The summed E-state index contributed by atoms with van der Waals surface area (Å²) in [6, 6.07) is 0.360. The maximum atomic E-state index is 12.1. The monoisotopic (exact) mass is 255 g/mol. The topological polar surface area (TPSA) is 65.5 Å². The number of carbonyl (C=O) groups excluding carboxylic acids is 1. The number of amides is 1. The number of nitrogens with one attached hydrogen (secondary N) is 1. The molecular formula is C11H17N3O2S. The molecule has 6 heteroatoms. The molecule has 1 aliphatic heterocycles. The molecule has 17 heavy (non-hydrogen) atoms. The number of hydrogen-bond donors (Lipinski definition) is 2. The first-order chi connectivity index (χ1) is 8.31. The third kappa shape index (κ3) is 3.24. The fourth-order valence-electron chi connectivity index (χ4n) is 2.05. The van der Waals surface area contributed by atoms with Gasteiger partial charge in [-0.1, -0.05) is 0 Å². The summed E-state index contributed by atoms with van der Waals surface area (Å²) in [6.45, 7) is 2.07. The highest BCUT2D eigenvalue weighted by Gasteiger charge is 2.22. The Balaban J connectivity index is 1.98. The van der Waals surface area contributed by atoms with E-state index in [9.17, 15) is 4.79 Å². The number of nitrogens with zero attached hydrogens (tertiary/aromatic N) is 2. The van der Waals surface area contributed by atoms with Crippen molar-refractivity contribution in [3.05, 3.63) is 16.6 Å². The Hall–Kier alpha value is -0.980. The van der Waals surface area contributed by atoms with Crippen LogP contribution in [0.5, 0.6) is 0 Å². The quantitative estimate of drug-likeness (QED) is 0.796. The lowest BCUT2D eigenvalue weighted by atomic mass is 10.2. The van der Waals surface area contributed by atoms with Crippen molar-refractivity contribution in [3.8, 4) is 0 Å². The Labute approximate surface area is 104 Å². The maximum absolute atomic E-state index is 12.1. The summed E-state index contributed by atoms with van der Waals surface area (Å²) in [5, 5.41) is 12.4. The second-order valence-corrected chi connectivity index (χ2v) is 5.02. The zero-order valence-electron chi connectivity index (χ0n) is 9.63. The maximum Gasteiger partial charge on any atom is 0.265 e. The molecule has 1 atom stereocenters. The molecular weight excluding hydrogens is 238 g/mol. The van der Waals surface area contributed by atoms with Crippen molar-refractivity contribution in [2.45, 2.75) is 18.9 Å². The Kier molecular flexibility index (Phi) is 4.47. The molecule has 0 aromatic carbocycles. The predicted octanol–water partition coefficient (Wildman–Crippen LogP) is 0.330. The normalized spacial score (nSPS) is 19.5. The molecule has 1 aromatic heterocycles. The van der Waals surface area contributed by atoms with Crippen LogP contribution in [0, 0.1) is 0 Å². The Morgan fingerprint density at radius 2 is 2.59 bits per heavy atom. The van der Waals surface area contributed by atoms with Crippen molar-refractivity contribution >= 4 is 17.2 Å². The molecule has 2 N–H and O–H groups in total. The lowest BCUT2D eigenvalue weighted by Gasteiger charge is -2.24. The third-order valence-electron chi connectivity index (χ3n) is 2.90. The van der Waals surface area contributed by atoms with E-state index in [1.165, 1.54) is 11.3 Å². The Bertz CT molecular complexity index is 350. The van der Waals surface area contributed by atoms with E-state index in [-0.39, 0.29) is 12.5 Å². The molecule has 1 fully saturated rings. The minimum absolute atomic E-state index is 0.00271. The van der Waals surface area contributed by atoms with Crippen molar-refractivity contribution in [2.24, 2.45) is 0 Å². The van der Waals surface area contributed by atoms with Crippen LogP contribution in [0.3, 0.4) is 0 Å². The van der Waals surface area contributed by atoms with E-state index in [0.29, 0.717) is 24.0 Å². The van der Waals surface area contributed by atoms with Crippen LogP contribution in [-0.2, 0) is 0 Å². The van der Waals surface area contributed by atoms with Gasteiger partial charge >= 0.3 is 0 Å². The van der Waals surface area contributed by atoms with E-state index in [1.807, 2.05) is 0 Å². The molecule has 1 aromatic rings. The number of aromatic nitrogens is 1. The van der Waals surface area contributed by atoms with Gasteiger partial charge in [-0.25, -0.2) is 0 Å². The number of aliphatic hydroxyl groups is 1. The van der Waals surface area contributed by atoms with Crippen molar-refractivity contribution in [2.75, 3.05) is 26.2 Å². The minimum atomic E-state index is -0.0322. The summed E-state index contributed by atoms with van der Waals surface area (Å²) < 4.78 is 0. The number of aliphatic hydroxyl groups excluding tert-OH is 1. The van der Waals surface area contributed by atoms with Crippen molar-refractivity contribution < 1.29 is 9.90 Å². The summed E-state index contributed by atoms with van der Waals surface area (Å²) in [5.74, 6) is -0.0322. The van der Waals surface area contributed by atoms with Gasteiger partial charge in [0.15, 0.2) is 0 Å². The summed E-state index contributed by atoms with van der Waals surface area (Å²) in [7, 11) is 0. The highest BCUT2D eigenvalue weighted by atomic mass is 32.1. The number of thiazole rings is 1. The van der Waals surface area contributed by atoms with Gasteiger partial charge < -0.3 is 15.3 Å². The first-order valence-electron chi connectivity index (χ1n) is 5.83. The largest absolute Gasteiger partial charge is 0.395 e. The summed E-state index contributed by atoms with van der Waals surface area (Å²) in [6.07, 6.45) is 3.84. The smallest absolute Gasteiger partial charge is 0.265 e. The second-order valence-electron chi connectivity index (χ2n) is 4.13. The van der Waals surface area contributed by atoms with Gasteiger partial charge in [-0.3, -0.25) is 9.78 Å². The summed E-state index contributed by atoms with van der Waals surface area (Å²) in [4.78, 5) is 18.4. The lowest BCUT2D eigenvalue weighted by molar-refractivity contribution is 0.0711. The van der Waals surface area contributed by atoms with Crippen molar-refractivity contribution in [1.29, 1.82) is 0 Å². The van der Waals surface area contributed by atoms with Crippen LogP contribution in [0.2, 0.25) is 0 Å². The van der Waals surface area contributed by atoms with Gasteiger partial charge in [0.25, 0.3) is 5.91 Å². The summed E-state index contributed by atoms with van der Waals surface area (Å²) in [5.41, 5.74) is 1.65. The van der Waals surface area contributed by atoms with Gasteiger partial charge in [-0.05, 0) is 19.4 Å². The van der Waals surface area contributed by atoms with Gasteiger partial charge in [-0.15, -0.1) is 11.3 Å². The zero-order chi connectivity index (χ0) is 12.1. The van der Waals surface area contributed by atoms with Gasteiger partial charge in [0.2, 0.25) is 0 Å². The van der Waals surface area contributed by atoms with Crippen LogP contribution < -0.4 is 5.32 Å². The zero-order valence-corrected chi connectivity index (χ0v) is 10.4. The standard InChI is InChI=1S/C11H17N3O2S/c15-5-4-14(7-9-2-1-3-13-9)11(16)10-6-12-8-17-10/h6,8-9,13,15H,1-5,7H2. The second kappa shape index (κ2) is 6.09. The summed E-state index contributed by atoms with van der Waals surface area (Å²) >= 11 is 1.34. The first kappa shape index (κ1) is 12.5. The molecule has 5 nitrogen and oxygen atoms in total. The molecule has 1 saturated heterocycles. The fraction of sp³-hybridized carbons (Fsp3) is 0.636. The molecule has 0 spiro atoms. The van der Waals surface area contributed by atoms with Crippen LogP contribution in [0.4, 0.5) is 0 Å². The number of carbonyl (C=O) groups is 1. The van der Waals surface area contributed by atoms with Gasteiger partial charge in [0.05, 0.1) is 18.3 Å². The Morgan fingerprint density at radius 3 is 3.18 bits per heavy atom. The SMILES string of the molecule is O=C(c1cncs1)N(CCO)CC1CCCN1. The van der Waals surface area contributed by atoms with Crippen LogP contribution in [0.1, 0.15) is 22.5 Å². The van der Waals surface area contributed by atoms with E-state index < -0.39 is 0 Å². The first-order valence-corrected chi connectivity index (χ1v) is 6.71. The van der Waals surface area contributed by atoms with E-state index in [4.69, 9.17) is 5.11 Å². The third-order valence-corrected chi connectivity index (χ3v) is 3.66. The van der Waals surface area contributed by atoms with Crippen molar-refractivity contribution in [1.82, 2.24) is 15.2 Å². The van der Waals surface area contributed by atoms with Gasteiger partial charge in [-0.2, -0.15) is 0 Å². The highest BCUT2D eigenvalue weighted by Crippen LogP contribution is 2.12. The fourth-order valence-corrected chi connectivity index (χ4v) is 2.64. The molecule has 2 rings (SSSR count).